The van der Waals surface area contributed by atoms with Crippen LogP contribution in [0.5, 0.6) is 5.75 Å². The number of sulfonamides is 1. The van der Waals surface area contributed by atoms with E-state index in [-0.39, 0.29) is 22.6 Å². The molecule has 1 amide bonds. The molecule has 0 saturated carbocycles. The molecule has 1 aliphatic heterocycles. The summed E-state index contributed by atoms with van der Waals surface area (Å²) < 4.78 is 31.4. The van der Waals surface area contributed by atoms with E-state index in [9.17, 15) is 13.2 Å². The van der Waals surface area contributed by atoms with Crippen molar-refractivity contribution in [3.8, 4) is 5.75 Å². The molecule has 1 heterocycles. The van der Waals surface area contributed by atoms with Gasteiger partial charge in [-0.05, 0) is 38.2 Å². The highest BCUT2D eigenvalue weighted by Gasteiger charge is 2.26. The number of carbonyl (C=O) groups is 1. The van der Waals surface area contributed by atoms with Crippen molar-refractivity contribution in [1.82, 2.24) is 14.9 Å². The van der Waals surface area contributed by atoms with Crippen LogP contribution in [0.25, 0.3) is 0 Å². The minimum atomic E-state index is -3.70. The van der Waals surface area contributed by atoms with Crippen LogP contribution in [-0.2, 0) is 10.0 Å². The van der Waals surface area contributed by atoms with Gasteiger partial charge in [-0.25, -0.2) is 13.1 Å². The first-order valence-electron chi connectivity index (χ1n) is 7.00. The molecule has 1 saturated heterocycles. The smallest absolute Gasteiger partial charge is 0.253 e. The Morgan fingerprint density at radius 1 is 1.45 bits per heavy atom. The minimum absolute atomic E-state index is 0.0405. The van der Waals surface area contributed by atoms with Crippen LogP contribution in [0.4, 0.5) is 0 Å². The zero-order valence-electron chi connectivity index (χ0n) is 12.9. The molecule has 0 aliphatic carbocycles. The van der Waals surface area contributed by atoms with Crippen molar-refractivity contribution in [1.29, 1.82) is 0 Å². The lowest BCUT2D eigenvalue weighted by molar-refractivity contribution is 0.0743. The number of benzene rings is 1. The lowest BCUT2D eigenvalue weighted by atomic mass is 10.1. The van der Waals surface area contributed by atoms with Gasteiger partial charge in [-0.1, -0.05) is 0 Å². The number of rotatable bonds is 5. The molecule has 1 aliphatic rings. The fraction of sp³-hybridized carbons (Fsp3) is 0.500. The zero-order chi connectivity index (χ0) is 16.3. The Morgan fingerprint density at radius 3 is 2.73 bits per heavy atom. The van der Waals surface area contributed by atoms with Gasteiger partial charge in [0, 0.05) is 25.2 Å². The van der Waals surface area contributed by atoms with E-state index in [1.54, 1.807) is 18.0 Å². The molecular weight excluding hydrogens is 306 g/mol. The van der Waals surface area contributed by atoms with Gasteiger partial charge in [-0.2, -0.15) is 0 Å². The first kappa shape index (κ1) is 16.7. The van der Waals surface area contributed by atoms with Gasteiger partial charge in [0.2, 0.25) is 10.0 Å². The van der Waals surface area contributed by atoms with Gasteiger partial charge in [0.15, 0.2) is 0 Å². The van der Waals surface area contributed by atoms with Crippen LogP contribution < -0.4 is 14.8 Å². The molecule has 2 rings (SSSR count). The van der Waals surface area contributed by atoms with Gasteiger partial charge < -0.3 is 15.0 Å². The Morgan fingerprint density at radius 2 is 2.18 bits per heavy atom. The van der Waals surface area contributed by atoms with Crippen molar-refractivity contribution in [2.24, 2.45) is 0 Å². The Hall–Kier alpha value is -1.64. The molecule has 1 fully saturated rings. The second kappa shape index (κ2) is 6.64. The summed E-state index contributed by atoms with van der Waals surface area (Å²) in [5, 5.41) is 3.20. The quantitative estimate of drug-likeness (QED) is 0.797. The predicted molar refractivity (Wildman–Crippen MR) is 82.6 cm³/mol. The van der Waals surface area contributed by atoms with Crippen molar-refractivity contribution in [2.75, 3.05) is 34.3 Å². The summed E-state index contributed by atoms with van der Waals surface area (Å²) in [5.41, 5.74) is 0.323. The van der Waals surface area contributed by atoms with Gasteiger partial charge >= 0.3 is 0 Å². The van der Waals surface area contributed by atoms with Crippen molar-refractivity contribution in [3.05, 3.63) is 23.8 Å². The highest BCUT2D eigenvalue weighted by atomic mass is 32.2. The highest BCUT2D eigenvalue weighted by Crippen LogP contribution is 2.25. The molecule has 0 aromatic heterocycles. The second-order valence-corrected chi connectivity index (χ2v) is 6.99. The van der Waals surface area contributed by atoms with Crippen LogP contribution in [0.2, 0.25) is 0 Å². The number of amides is 1. The monoisotopic (exact) mass is 327 g/mol. The molecule has 0 bridgehead atoms. The fourth-order valence-corrected chi connectivity index (χ4v) is 3.39. The van der Waals surface area contributed by atoms with Crippen LogP contribution in [0.3, 0.4) is 0 Å². The summed E-state index contributed by atoms with van der Waals surface area (Å²) in [6.07, 6.45) is 0.889. The number of methoxy groups -OCH3 is 1. The van der Waals surface area contributed by atoms with E-state index in [0.29, 0.717) is 5.56 Å². The number of nitrogens with one attached hydrogen (secondary N) is 2. The highest BCUT2D eigenvalue weighted by molar-refractivity contribution is 7.89. The van der Waals surface area contributed by atoms with Crippen molar-refractivity contribution < 1.29 is 17.9 Å². The molecule has 122 valence electrons. The van der Waals surface area contributed by atoms with Crippen LogP contribution in [0.15, 0.2) is 23.1 Å². The third kappa shape index (κ3) is 3.23. The Balaban J connectivity index is 2.36. The largest absolute Gasteiger partial charge is 0.495 e. The number of likely N-dealkylation sites (N-methyl/N-ethyl adjacent to an activating group) is 1. The average molecular weight is 327 g/mol. The van der Waals surface area contributed by atoms with Crippen molar-refractivity contribution in [2.45, 2.75) is 17.4 Å². The molecule has 7 nitrogen and oxygen atoms in total. The number of ether oxygens (including phenoxy) is 1. The van der Waals surface area contributed by atoms with Gasteiger partial charge in [-0.3, -0.25) is 4.79 Å². The zero-order valence-corrected chi connectivity index (χ0v) is 13.7. The van der Waals surface area contributed by atoms with Crippen molar-refractivity contribution in [3.63, 3.8) is 0 Å². The lowest BCUT2D eigenvalue weighted by Crippen LogP contribution is -2.38. The summed E-state index contributed by atoms with van der Waals surface area (Å²) in [5.74, 6) is -0.00000719. The predicted octanol–water partition coefficient (Wildman–Crippen LogP) is 0.0372. The summed E-state index contributed by atoms with van der Waals surface area (Å²) in [6.45, 7) is 1.63. The maximum Gasteiger partial charge on any atom is 0.253 e. The molecule has 0 unspecified atom stereocenters. The number of hydrogen-bond donors (Lipinski definition) is 2. The van der Waals surface area contributed by atoms with E-state index >= 15 is 0 Å². The van der Waals surface area contributed by atoms with Gasteiger partial charge in [0.1, 0.15) is 10.6 Å². The molecule has 22 heavy (non-hydrogen) atoms. The van der Waals surface area contributed by atoms with E-state index in [2.05, 4.69) is 10.0 Å². The van der Waals surface area contributed by atoms with Gasteiger partial charge in [0.25, 0.3) is 5.91 Å². The van der Waals surface area contributed by atoms with Gasteiger partial charge in [-0.15, -0.1) is 0 Å². The molecule has 0 spiro atoms. The van der Waals surface area contributed by atoms with Crippen LogP contribution >= 0.6 is 0 Å². The first-order valence-corrected chi connectivity index (χ1v) is 8.48. The lowest BCUT2D eigenvalue weighted by Gasteiger charge is -2.24. The van der Waals surface area contributed by atoms with Gasteiger partial charge in [0.05, 0.1) is 7.11 Å². The van der Waals surface area contributed by atoms with Crippen LogP contribution in [0, 0.1) is 0 Å². The SMILES string of the molecule is CNS(=O)(=O)c1cc(C(=O)N(C)[C@@H]2CCNC2)ccc1OC. The second-order valence-electron chi connectivity index (χ2n) is 5.14. The molecule has 8 heteroatoms. The summed E-state index contributed by atoms with van der Waals surface area (Å²) in [4.78, 5) is 14.2. The summed E-state index contributed by atoms with van der Waals surface area (Å²) >= 11 is 0. The van der Waals surface area contributed by atoms with E-state index in [4.69, 9.17) is 4.74 Å². The van der Waals surface area contributed by atoms with Crippen LogP contribution in [-0.4, -0.2) is 59.6 Å². The normalized spacial score (nSPS) is 18.2. The fourth-order valence-electron chi connectivity index (χ4n) is 2.47. The standard InChI is InChI=1S/C14H21N3O4S/c1-15-22(19,20)13-8-10(4-5-12(13)21-3)14(18)17(2)11-6-7-16-9-11/h4-5,8,11,15-16H,6-7,9H2,1-3H3/t11-/m1/s1. The summed E-state index contributed by atoms with van der Waals surface area (Å²) in [7, 11) is 0.743. The van der Waals surface area contributed by atoms with E-state index in [1.807, 2.05) is 0 Å². The maximum absolute atomic E-state index is 12.5. The number of carbonyl (C=O) groups excluding carboxylic acids is 1. The number of nitrogens with zero attached hydrogens (tertiary/aromatic N) is 1. The molecule has 1 aromatic carbocycles. The molecular formula is C14H21N3O4S. The molecule has 1 atom stereocenters. The Bertz CT molecular complexity index is 654. The molecule has 1 aromatic rings. The maximum atomic E-state index is 12.5. The topological polar surface area (TPSA) is 87.7 Å². The minimum Gasteiger partial charge on any atom is -0.495 e. The molecule has 0 radical (unpaired) electrons. The van der Waals surface area contributed by atoms with Crippen molar-refractivity contribution >= 4 is 15.9 Å². The number of hydrogen-bond acceptors (Lipinski definition) is 5. The average Bonchev–Trinajstić information content (AvgIpc) is 3.07. The molecule has 2 N–H and O–H groups in total. The first-order chi connectivity index (χ1) is 10.4. The van der Waals surface area contributed by atoms with E-state index in [0.717, 1.165) is 19.5 Å². The van der Waals surface area contributed by atoms with E-state index < -0.39 is 10.0 Å². The van der Waals surface area contributed by atoms with Crippen LogP contribution in [0.1, 0.15) is 16.8 Å². The summed E-state index contributed by atoms with van der Waals surface area (Å²) in [6, 6.07) is 4.55. The third-order valence-electron chi connectivity index (χ3n) is 3.87. The Labute approximate surface area is 130 Å². The van der Waals surface area contributed by atoms with E-state index in [1.165, 1.54) is 26.3 Å². The Kier molecular flexibility index (Phi) is 5.05. The third-order valence-corrected chi connectivity index (χ3v) is 5.31.